The SMILES string of the molecule is CC(C)c1nc(C(N)=O)c(Nc2cnn(CCO)c2)nc1N[C@@H]1CCNC1. The van der Waals surface area contributed by atoms with Crippen molar-refractivity contribution >= 4 is 23.2 Å². The largest absolute Gasteiger partial charge is 0.394 e. The quantitative estimate of drug-likeness (QED) is 0.447. The fourth-order valence-corrected chi connectivity index (χ4v) is 2.98. The number of nitrogens with zero attached hydrogens (tertiary/aromatic N) is 4. The lowest BCUT2D eigenvalue weighted by atomic mass is 10.1. The molecule has 1 amide bonds. The number of rotatable bonds is 8. The lowest BCUT2D eigenvalue weighted by Crippen LogP contribution is -2.26. The fourth-order valence-electron chi connectivity index (χ4n) is 2.98. The second-order valence-corrected chi connectivity index (χ2v) is 6.85. The van der Waals surface area contributed by atoms with Crippen LogP contribution in [0, 0.1) is 0 Å². The van der Waals surface area contributed by atoms with Crippen molar-refractivity contribution in [3.05, 3.63) is 23.8 Å². The predicted octanol–water partition coefficient (Wildman–Crippen LogP) is 0.405. The Morgan fingerprint density at radius 1 is 1.44 bits per heavy atom. The van der Waals surface area contributed by atoms with Crippen molar-refractivity contribution in [2.75, 3.05) is 30.3 Å². The van der Waals surface area contributed by atoms with Crippen LogP contribution in [-0.2, 0) is 6.54 Å². The first-order valence-electron chi connectivity index (χ1n) is 9.07. The molecule has 2 aromatic heterocycles. The Hall–Kier alpha value is -2.72. The van der Waals surface area contributed by atoms with E-state index in [2.05, 4.69) is 31.0 Å². The maximum Gasteiger partial charge on any atom is 0.271 e. The van der Waals surface area contributed by atoms with Gasteiger partial charge in [-0.1, -0.05) is 13.8 Å². The topological polar surface area (TPSA) is 143 Å². The number of hydrogen-bond acceptors (Lipinski definition) is 8. The van der Waals surface area contributed by atoms with Crippen LogP contribution in [0.25, 0.3) is 0 Å². The summed E-state index contributed by atoms with van der Waals surface area (Å²) < 4.78 is 1.59. The van der Waals surface area contributed by atoms with Crippen molar-refractivity contribution < 1.29 is 9.90 Å². The summed E-state index contributed by atoms with van der Waals surface area (Å²) in [4.78, 5) is 21.1. The summed E-state index contributed by atoms with van der Waals surface area (Å²) in [6.45, 7) is 6.17. The van der Waals surface area contributed by atoms with E-state index in [1.807, 2.05) is 13.8 Å². The highest BCUT2D eigenvalue weighted by Gasteiger charge is 2.23. The number of aliphatic hydroxyl groups is 1. The number of aromatic nitrogens is 4. The van der Waals surface area contributed by atoms with Crippen molar-refractivity contribution in [2.24, 2.45) is 5.73 Å². The van der Waals surface area contributed by atoms with Crippen molar-refractivity contribution in [2.45, 2.75) is 38.8 Å². The van der Waals surface area contributed by atoms with Gasteiger partial charge in [-0.3, -0.25) is 9.48 Å². The third-order valence-electron chi connectivity index (χ3n) is 4.33. The standard InChI is InChI=1S/C17H26N8O2/c1-10(2)13-16(21-11-3-4-19-7-11)24-17(14(23-13)15(18)27)22-12-8-20-25(9-12)5-6-26/h8-11,19,26H,3-7H2,1-2H3,(H2,18,27)(H2,21,22,24)/t11-/m1/s1. The lowest BCUT2D eigenvalue weighted by Gasteiger charge is -2.19. The van der Waals surface area contributed by atoms with Gasteiger partial charge in [0.15, 0.2) is 17.3 Å². The maximum absolute atomic E-state index is 11.9. The molecule has 2 aromatic rings. The molecule has 0 aromatic carbocycles. The molecule has 3 heterocycles. The number of anilines is 3. The zero-order chi connectivity index (χ0) is 19.4. The van der Waals surface area contributed by atoms with Gasteiger partial charge < -0.3 is 26.8 Å². The van der Waals surface area contributed by atoms with Crippen LogP contribution in [-0.4, -0.2) is 56.5 Å². The Morgan fingerprint density at radius 2 is 2.26 bits per heavy atom. The number of primary amides is 1. The smallest absolute Gasteiger partial charge is 0.271 e. The van der Waals surface area contributed by atoms with E-state index >= 15 is 0 Å². The van der Waals surface area contributed by atoms with E-state index in [0.717, 1.165) is 19.5 Å². The molecule has 0 spiro atoms. The number of nitrogens with two attached hydrogens (primary N) is 1. The van der Waals surface area contributed by atoms with Gasteiger partial charge in [0.05, 0.1) is 30.7 Å². The minimum atomic E-state index is -0.649. The Kier molecular flexibility index (Phi) is 5.87. The summed E-state index contributed by atoms with van der Waals surface area (Å²) in [5.74, 6) is 0.357. The van der Waals surface area contributed by atoms with Gasteiger partial charge in [0.25, 0.3) is 5.91 Å². The number of amides is 1. The van der Waals surface area contributed by atoms with Gasteiger partial charge in [0.2, 0.25) is 0 Å². The van der Waals surface area contributed by atoms with E-state index in [1.165, 1.54) is 0 Å². The Morgan fingerprint density at radius 3 is 2.89 bits per heavy atom. The molecule has 0 bridgehead atoms. The number of nitrogens with one attached hydrogen (secondary N) is 3. The molecule has 3 rings (SSSR count). The maximum atomic E-state index is 11.9. The van der Waals surface area contributed by atoms with Crippen LogP contribution in [0.3, 0.4) is 0 Å². The molecular weight excluding hydrogens is 348 g/mol. The van der Waals surface area contributed by atoms with Crippen LogP contribution in [0.1, 0.15) is 42.4 Å². The molecule has 27 heavy (non-hydrogen) atoms. The molecule has 146 valence electrons. The Balaban J connectivity index is 1.94. The second kappa shape index (κ2) is 8.31. The molecule has 0 unspecified atom stereocenters. The monoisotopic (exact) mass is 374 g/mol. The van der Waals surface area contributed by atoms with E-state index in [9.17, 15) is 4.79 Å². The number of aliphatic hydroxyl groups excluding tert-OH is 1. The molecule has 0 aliphatic carbocycles. The van der Waals surface area contributed by atoms with Gasteiger partial charge in [-0.05, 0) is 18.9 Å². The molecule has 0 saturated carbocycles. The summed E-state index contributed by atoms with van der Waals surface area (Å²) in [6, 6.07) is 0.261. The van der Waals surface area contributed by atoms with Gasteiger partial charge in [-0.25, -0.2) is 9.97 Å². The van der Waals surface area contributed by atoms with E-state index in [0.29, 0.717) is 23.7 Å². The van der Waals surface area contributed by atoms with Crippen LogP contribution in [0.4, 0.5) is 17.3 Å². The highest BCUT2D eigenvalue weighted by atomic mass is 16.3. The van der Waals surface area contributed by atoms with Crippen LogP contribution < -0.4 is 21.7 Å². The predicted molar refractivity (Wildman–Crippen MR) is 102 cm³/mol. The van der Waals surface area contributed by atoms with Gasteiger partial charge in [-0.15, -0.1) is 0 Å². The van der Waals surface area contributed by atoms with Gasteiger partial charge in [-0.2, -0.15) is 5.10 Å². The Labute approximate surface area is 157 Å². The first kappa shape index (κ1) is 19.1. The molecule has 1 aliphatic heterocycles. The molecular formula is C17H26N8O2. The molecule has 6 N–H and O–H groups in total. The van der Waals surface area contributed by atoms with Crippen molar-refractivity contribution in [1.29, 1.82) is 0 Å². The van der Waals surface area contributed by atoms with Crippen molar-refractivity contribution in [1.82, 2.24) is 25.1 Å². The highest BCUT2D eigenvalue weighted by Crippen LogP contribution is 2.27. The normalized spacial score (nSPS) is 16.7. The lowest BCUT2D eigenvalue weighted by molar-refractivity contribution is 0.0996. The second-order valence-electron chi connectivity index (χ2n) is 6.85. The Bertz CT molecular complexity index is 798. The zero-order valence-electron chi connectivity index (χ0n) is 15.6. The van der Waals surface area contributed by atoms with Crippen LogP contribution in [0.2, 0.25) is 0 Å². The summed E-state index contributed by atoms with van der Waals surface area (Å²) in [5, 5.41) is 22.9. The highest BCUT2D eigenvalue weighted by molar-refractivity contribution is 5.96. The van der Waals surface area contributed by atoms with Crippen molar-refractivity contribution in [3.63, 3.8) is 0 Å². The van der Waals surface area contributed by atoms with Crippen molar-refractivity contribution in [3.8, 4) is 0 Å². The van der Waals surface area contributed by atoms with E-state index in [4.69, 9.17) is 10.8 Å². The first-order valence-corrected chi connectivity index (χ1v) is 9.07. The minimum absolute atomic E-state index is 0.0139. The molecule has 10 heteroatoms. The van der Waals surface area contributed by atoms with E-state index in [1.54, 1.807) is 17.1 Å². The van der Waals surface area contributed by atoms with Crippen LogP contribution in [0.5, 0.6) is 0 Å². The average Bonchev–Trinajstić information content (AvgIpc) is 3.27. The van der Waals surface area contributed by atoms with Gasteiger partial charge in [0, 0.05) is 18.8 Å². The molecule has 10 nitrogen and oxygen atoms in total. The van der Waals surface area contributed by atoms with Crippen LogP contribution in [0.15, 0.2) is 12.4 Å². The summed E-state index contributed by atoms with van der Waals surface area (Å²) in [7, 11) is 0. The first-order chi connectivity index (χ1) is 13.0. The molecule has 1 atom stereocenters. The molecule has 1 fully saturated rings. The van der Waals surface area contributed by atoms with Crippen LogP contribution >= 0.6 is 0 Å². The minimum Gasteiger partial charge on any atom is -0.394 e. The number of carbonyl (C=O) groups excluding carboxylic acids is 1. The summed E-state index contributed by atoms with van der Waals surface area (Å²) >= 11 is 0. The molecule has 1 saturated heterocycles. The summed E-state index contributed by atoms with van der Waals surface area (Å²) in [5.41, 5.74) is 6.96. The average molecular weight is 374 g/mol. The zero-order valence-corrected chi connectivity index (χ0v) is 15.6. The molecule has 1 aliphatic rings. The third kappa shape index (κ3) is 4.52. The van der Waals surface area contributed by atoms with E-state index in [-0.39, 0.29) is 30.1 Å². The number of carbonyl (C=O) groups is 1. The van der Waals surface area contributed by atoms with Gasteiger partial charge >= 0.3 is 0 Å². The summed E-state index contributed by atoms with van der Waals surface area (Å²) in [6.07, 6.45) is 4.30. The fraction of sp³-hybridized carbons (Fsp3) is 0.529. The third-order valence-corrected chi connectivity index (χ3v) is 4.33. The number of hydrogen-bond donors (Lipinski definition) is 5. The van der Waals surface area contributed by atoms with Gasteiger partial charge in [0.1, 0.15) is 0 Å². The van der Waals surface area contributed by atoms with E-state index < -0.39 is 5.91 Å². The molecule has 0 radical (unpaired) electrons.